The Labute approximate surface area is 160 Å². The van der Waals surface area contributed by atoms with Crippen LogP contribution in [0.15, 0.2) is 42.5 Å². The smallest absolute Gasteiger partial charge is 0.243 e. The van der Waals surface area contributed by atoms with Gasteiger partial charge in [-0.2, -0.15) is 0 Å². The van der Waals surface area contributed by atoms with Crippen molar-refractivity contribution in [3.8, 4) is 5.75 Å². The average molecular weight is 369 g/mol. The summed E-state index contributed by atoms with van der Waals surface area (Å²) in [5.74, 6) is 0.589. The largest absolute Gasteiger partial charge is 0.494 e. The van der Waals surface area contributed by atoms with Crippen LogP contribution in [0, 0.1) is 6.92 Å². The van der Waals surface area contributed by atoms with Crippen LogP contribution in [-0.2, 0) is 9.59 Å². The molecule has 0 aliphatic carbocycles. The van der Waals surface area contributed by atoms with Crippen molar-refractivity contribution in [1.82, 2.24) is 0 Å². The van der Waals surface area contributed by atoms with E-state index in [1.54, 1.807) is 6.92 Å². The van der Waals surface area contributed by atoms with E-state index in [2.05, 4.69) is 22.9 Å². The van der Waals surface area contributed by atoms with Crippen LogP contribution in [0.2, 0.25) is 0 Å². The van der Waals surface area contributed by atoms with Crippen LogP contribution >= 0.6 is 0 Å². The summed E-state index contributed by atoms with van der Waals surface area (Å²) in [4.78, 5) is 23.7. The number of hydrogen-bond donors (Lipinski definition) is 3. The predicted molar refractivity (Wildman–Crippen MR) is 109 cm³/mol. The van der Waals surface area contributed by atoms with Crippen molar-refractivity contribution in [2.45, 2.75) is 33.6 Å². The minimum absolute atomic E-state index is 0.0423. The van der Waals surface area contributed by atoms with Gasteiger partial charge in [-0.3, -0.25) is 9.59 Å². The molecule has 0 radical (unpaired) electrons. The van der Waals surface area contributed by atoms with E-state index in [0.29, 0.717) is 18.7 Å². The third-order valence-corrected chi connectivity index (χ3v) is 3.90. The molecule has 2 aromatic rings. The summed E-state index contributed by atoms with van der Waals surface area (Å²) in [6.07, 6.45) is 1.37. The Balaban J connectivity index is 1.88. The molecule has 0 spiro atoms. The average Bonchev–Trinajstić information content (AvgIpc) is 2.68. The van der Waals surface area contributed by atoms with Crippen molar-refractivity contribution in [3.05, 3.63) is 48.0 Å². The van der Waals surface area contributed by atoms with Crippen molar-refractivity contribution < 1.29 is 14.3 Å². The number of carbonyl (C=O) groups excluding carboxylic acids is 2. The minimum Gasteiger partial charge on any atom is -0.494 e. The van der Waals surface area contributed by atoms with Gasteiger partial charge in [0, 0.05) is 23.5 Å². The Bertz CT molecular complexity index is 773. The molecule has 0 aliphatic heterocycles. The first-order valence-corrected chi connectivity index (χ1v) is 9.19. The summed E-state index contributed by atoms with van der Waals surface area (Å²) < 4.78 is 5.52. The quantitative estimate of drug-likeness (QED) is 0.619. The molecule has 0 aromatic heterocycles. The fraction of sp³-hybridized carbons (Fsp3) is 0.333. The number of anilines is 3. The molecule has 6 heteroatoms. The second kappa shape index (κ2) is 10.2. The van der Waals surface area contributed by atoms with E-state index in [1.165, 1.54) is 0 Å². The van der Waals surface area contributed by atoms with E-state index >= 15 is 0 Å². The molecular formula is C21H27N3O3. The highest BCUT2D eigenvalue weighted by Gasteiger charge is 2.06. The molecule has 0 bridgehead atoms. The Morgan fingerprint density at radius 1 is 0.926 bits per heavy atom. The van der Waals surface area contributed by atoms with E-state index in [-0.39, 0.29) is 18.4 Å². The van der Waals surface area contributed by atoms with Gasteiger partial charge in [-0.15, -0.1) is 0 Å². The maximum Gasteiger partial charge on any atom is 0.243 e. The fourth-order valence-corrected chi connectivity index (χ4v) is 2.35. The number of carbonyl (C=O) groups is 2. The lowest BCUT2D eigenvalue weighted by Gasteiger charge is -2.12. The number of rotatable bonds is 9. The normalized spacial score (nSPS) is 10.2. The van der Waals surface area contributed by atoms with Crippen LogP contribution in [0.3, 0.4) is 0 Å². The molecule has 144 valence electrons. The highest BCUT2D eigenvalue weighted by Crippen LogP contribution is 2.20. The predicted octanol–water partition coefficient (Wildman–Crippen LogP) is 4.18. The fourth-order valence-electron chi connectivity index (χ4n) is 2.35. The summed E-state index contributed by atoms with van der Waals surface area (Å²) in [6.45, 7) is 6.58. The molecular weight excluding hydrogens is 342 g/mol. The van der Waals surface area contributed by atoms with Crippen molar-refractivity contribution >= 4 is 28.9 Å². The van der Waals surface area contributed by atoms with E-state index in [0.717, 1.165) is 29.1 Å². The lowest BCUT2D eigenvalue weighted by Crippen LogP contribution is -2.21. The monoisotopic (exact) mass is 369 g/mol. The molecule has 0 atom stereocenters. The first kappa shape index (κ1) is 20.3. The number of amides is 2. The van der Waals surface area contributed by atoms with Crippen molar-refractivity contribution in [1.29, 1.82) is 0 Å². The van der Waals surface area contributed by atoms with Crippen molar-refractivity contribution in [2.75, 3.05) is 29.1 Å². The van der Waals surface area contributed by atoms with E-state index < -0.39 is 0 Å². The van der Waals surface area contributed by atoms with Gasteiger partial charge in [0.2, 0.25) is 11.8 Å². The summed E-state index contributed by atoms with van der Waals surface area (Å²) in [5.41, 5.74) is 3.20. The van der Waals surface area contributed by atoms with Crippen LogP contribution in [0.1, 0.15) is 32.3 Å². The Morgan fingerprint density at radius 2 is 1.63 bits per heavy atom. The molecule has 2 aromatic carbocycles. The van der Waals surface area contributed by atoms with Crippen molar-refractivity contribution in [2.24, 2.45) is 0 Å². The third kappa shape index (κ3) is 6.66. The number of nitrogens with one attached hydrogen (secondary N) is 3. The lowest BCUT2D eigenvalue weighted by atomic mass is 10.1. The van der Waals surface area contributed by atoms with Gasteiger partial charge < -0.3 is 20.7 Å². The minimum atomic E-state index is -0.156. The first-order chi connectivity index (χ1) is 13.0. The van der Waals surface area contributed by atoms with Crippen LogP contribution in [0.4, 0.5) is 17.1 Å². The van der Waals surface area contributed by atoms with Gasteiger partial charge in [0.15, 0.2) is 0 Å². The topological polar surface area (TPSA) is 79.5 Å². The maximum absolute atomic E-state index is 12.1. The zero-order valence-electron chi connectivity index (χ0n) is 16.1. The Morgan fingerprint density at radius 3 is 2.30 bits per heavy atom. The Hall–Kier alpha value is -3.02. The van der Waals surface area contributed by atoms with Gasteiger partial charge in [0.25, 0.3) is 0 Å². The summed E-state index contributed by atoms with van der Waals surface area (Å²) in [7, 11) is 0. The van der Waals surface area contributed by atoms with Gasteiger partial charge in [-0.05, 0) is 55.3 Å². The van der Waals surface area contributed by atoms with Gasteiger partial charge in [0.05, 0.1) is 13.2 Å². The molecule has 6 nitrogen and oxygen atoms in total. The van der Waals surface area contributed by atoms with Crippen LogP contribution in [-0.4, -0.2) is 25.0 Å². The highest BCUT2D eigenvalue weighted by atomic mass is 16.5. The zero-order chi connectivity index (χ0) is 19.6. The van der Waals surface area contributed by atoms with Gasteiger partial charge >= 0.3 is 0 Å². The second-order valence-corrected chi connectivity index (χ2v) is 6.21. The van der Waals surface area contributed by atoms with E-state index in [1.807, 2.05) is 49.4 Å². The molecule has 0 aliphatic rings. The summed E-state index contributed by atoms with van der Waals surface area (Å²) in [6, 6.07) is 12.9. The lowest BCUT2D eigenvalue weighted by molar-refractivity contribution is -0.116. The molecule has 0 fully saturated rings. The molecule has 2 rings (SSSR count). The maximum atomic E-state index is 12.1. The number of aryl methyl sites for hydroxylation is 1. The molecule has 0 saturated heterocycles. The number of ether oxygens (including phenoxy) is 1. The first-order valence-electron chi connectivity index (χ1n) is 9.19. The standard InChI is InChI=1S/C21H27N3O3/c1-4-12-27-18-10-8-16(9-11-18)23-21(26)14-22-17-7-6-15(3)19(13-17)24-20(25)5-2/h6-11,13,22H,4-5,12,14H2,1-3H3,(H,23,26)(H,24,25). The third-order valence-electron chi connectivity index (χ3n) is 3.90. The van der Waals surface area contributed by atoms with Gasteiger partial charge in [-0.25, -0.2) is 0 Å². The summed E-state index contributed by atoms with van der Waals surface area (Å²) in [5, 5.41) is 8.77. The van der Waals surface area contributed by atoms with E-state index in [9.17, 15) is 9.59 Å². The van der Waals surface area contributed by atoms with Gasteiger partial charge in [0.1, 0.15) is 5.75 Å². The number of benzene rings is 2. The SMILES string of the molecule is CCCOc1ccc(NC(=O)CNc2ccc(C)c(NC(=O)CC)c2)cc1. The molecule has 27 heavy (non-hydrogen) atoms. The molecule has 0 unspecified atom stereocenters. The molecule has 0 saturated carbocycles. The molecule has 0 heterocycles. The van der Waals surface area contributed by atoms with Gasteiger partial charge in [-0.1, -0.05) is 19.9 Å². The van der Waals surface area contributed by atoms with Crippen LogP contribution < -0.4 is 20.7 Å². The summed E-state index contributed by atoms with van der Waals surface area (Å²) >= 11 is 0. The number of hydrogen-bond acceptors (Lipinski definition) is 4. The van der Waals surface area contributed by atoms with Crippen LogP contribution in [0.25, 0.3) is 0 Å². The Kier molecular flexibility index (Phi) is 7.67. The van der Waals surface area contributed by atoms with E-state index in [4.69, 9.17) is 4.74 Å². The molecule has 3 N–H and O–H groups in total. The zero-order valence-corrected chi connectivity index (χ0v) is 16.1. The highest BCUT2D eigenvalue weighted by molar-refractivity contribution is 5.94. The van der Waals surface area contributed by atoms with Crippen LogP contribution in [0.5, 0.6) is 5.75 Å². The molecule has 2 amide bonds. The second-order valence-electron chi connectivity index (χ2n) is 6.21. The van der Waals surface area contributed by atoms with Crippen molar-refractivity contribution in [3.63, 3.8) is 0 Å².